The number of ether oxygens (including phenoxy) is 2. The summed E-state index contributed by atoms with van der Waals surface area (Å²) >= 11 is 1.36. The average molecular weight is 279 g/mol. The summed E-state index contributed by atoms with van der Waals surface area (Å²) < 4.78 is 14.4. The van der Waals surface area contributed by atoms with Crippen molar-refractivity contribution >= 4 is 22.4 Å². The summed E-state index contributed by atoms with van der Waals surface area (Å²) in [5.41, 5.74) is 2.11. The second-order valence-corrected chi connectivity index (χ2v) is 4.77. The summed E-state index contributed by atoms with van der Waals surface area (Å²) in [6.45, 7) is 1.24. The van der Waals surface area contributed by atoms with E-state index < -0.39 is 0 Å². The van der Waals surface area contributed by atoms with Crippen LogP contribution in [0.15, 0.2) is 24.3 Å². The highest BCUT2D eigenvalue weighted by atomic mass is 32.1. The van der Waals surface area contributed by atoms with Gasteiger partial charge in [0.15, 0.2) is 0 Å². The van der Waals surface area contributed by atoms with E-state index in [0.29, 0.717) is 13.2 Å². The lowest BCUT2D eigenvalue weighted by Gasteiger charge is -2.04. The fourth-order valence-corrected chi connectivity index (χ4v) is 2.26. The Kier molecular flexibility index (Phi) is 5.26. The molecule has 0 atom stereocenters. The Balaban J connectivity index is 2.00. The Morgan fingerprint density at radius 1 is 1.26 bits per heavy atom. The SMILES string of the molecule is COCCc1nsc(Nc2cccc(COC)c2)n1. The number of nitrogens with zero attached hydrogens (tertiary/aromatic N) is 2. The van der Waals surface area contributed by atoms with Crippen LogP contribution < -0.4 is 5.32 Å². The number of rotatable bonds is 7. The maximum absolute atomic E-state index is 5.11. The molecule has 2 rings (SSSR count). The van der Waals surface area contributed by atoms with Crippen LogP contribution in [0, 0.1) is 0 Å². The first-order valence-corrected chi connectivity index (χ1v) is 6.75. The lowest BCUT2D eigenvalue weighted by molar-refractivity contribution is 0.185. The van der Waals surface area contributed by atoms with E-state index in [1.54, 1.807) is 14.2 Å². The van der Waals surface area contributed by atoms with Gasteiger partial charge in [-0.05, 0) is 17.7 Å². The molecule has 5 nitrogen and oxygen atoms in total. The molecule has 0 amide bonds. The number of benzene rings is 1. The average Bonchev–Trinajstić information content (AvgIpc) is 2.85. The van der Waals surface area contributed by atoms with Gasteiger partial charge in [0.05, 0.1) is 13.2 Å². The highest BCUT2D eigenvalue weighted by molar-refractivity contribution is 7.09. The Labute approximate surface area is 116 Å². The van der Waals surface area contributed by atoms with E-state index >= 15 is 0 Å². The number of nitrogens with one attached hydrogen (secondary N) is 1. The molecule has 0 aliphatic carbocycles. The standard InChI is InChI=1S/C13H17N3O2S/c1-17-7-6-12-15-13(19-16-12)14-11-5-3-4-10(8-11)9-18-2/h3-5,8H,6-7,9H2,1-2H3,(H,14,15,16). The predicted octanol–water partition coefficient (Wildman–Crippen LogP) is 2.62. The minimum atomic E-state index is 0.602. The molecule has 0 spiro atoms. The van der Waals surface area contributed by atoms with Gasteiger partial charge in [-0.15, -0.1) is 0 Å². The first kappa shape index (κ1) is 13.9. The van der Waals surface area contributed by atoms with Crippen LogP contribution in [0.5, 0.6) is 0 Å². The lowest BCUT2D eigenvalue weighted by Crippen LogP contribution is -1.97. The summed E-state index contributed by atoms with van der Waals surface area (Å²) in [7, 11) is 3.36. The Hall–Kier alpha value is -1.50. The molecule has 1 heterocycles. The molecule has 0 radical (unpaired) electrons. The number of hydrogen-bond acceptors (Lipinski definition) is 6. The molecule has 102 valence electrons. The van der Waals surface area contributed by atoms with Crippen LogP contribution in [0.25, 0.3) is 0 Å². The van der Waals surface area contributed by atoms with E-state index in [1.807, 2.05) is 24.3 Å². The monoisotopic (exact) mass is 279 g/mol. The number of anilines is 2. The van der Waals surface area contributed by atoms with Crippen molar-refractivity contribution < 1.29 is 9.47 Å². The third-order valence-electron chi connectivity index (χ3n) is 2.49. The van der Waals surface area contributed by atoms with Gasteiger partial charge < -0.3 is 14.8 Å². The Morgan fingerprint density at radius 2 is 2.16 bits per heavy atom. The minimum Gasteiger partial charge on any atom is -0.384 e. The normalized spacial score (nSPS) is 10.6. The molecule has 1 N–H and O–H groups in total. The van der Waals surface area contributed by atoms with Gasteiger partial charge >= 0.3 is 0 Å². The Bertz CT molecular complexity index is 516. The molecule has 2 aromatic rings. The van der Waals surface area contributed by atoms with Crippen molar-refractivity contribution in [3.8, 4) is 0 Å². The van der Waals surface area contributed by atoms with Crippen LogP contribution in [0.4, 0.5) is 10.8 Å². The van der Waals surface area contributed by atoms with E-state index in [1.165, 1.54) is 11.5 Å². The van der Waals surface area contributed by atoms with Crippen molar-refractivity contribution in [1.82, 2.24) is 9.36 Å². The largest absolute Gasteiger partial charge is 0.384 e. The third kappa shape index (κ3) is 4.27. The molecule has 0 unspecified atom stereocenters. The lowest BCUT2D eigenvalue weighted by atomic mass is 10.2. The number of hydrogen-bond donors (Lipinski definition) is 1. The molecule has 0 aliphatic heterocycles. The maximum atomic E-state index is 5.11. The first-order chi connectivity index (χ1) is 9.31. The van der Waals surface area contributed by atoms with Crippen LogP contribution in [0.3, 0.4) is 0 Å². The molecular weight excluding hydrogens is 262 g/mol. The van der Waals surface area contributed by atoms with Crippen molar-refractivity contribution in [2.24, 2.45) is 0 Å². The minimum absolute atomic E-state index is 0.602. The summed E-state index contributed by atoms with van der Waals surface area (Å²) in [5.74, 6) is 0.808. The molecule has 1 aromatic carbocycles. The molecular formula is C13H17N3O2S. The van der Waals surface area contributed by atoms with Gasteiger partial charge in [0.25, 0.3) is 0 Å². The Morgan fingerprint density at radius 3 is 2.95 bits per heavy atom. The fraction of sp³-hybridized carbons (Fsp3) is 0.385. The van der Waals surface area contributed by atoms with Crippen LogP contribution in [0.2, 0.25) is 0 Å². The van der Waals surface area contributed by atoms with Gasteiger partial charge in [-0.3, -0.25) is 0 Å². The highest BCUT2D eigenvalue weighted by Crippen LogP contribution is 2.19. The van der Waals surface area contributed by atoms with Gasteiger partial charge in [-0.2, -0.15) is 4.37 Å². The second kappa shape index (κ2) is 7.18. The van der Waals surface area contributed by atoms with Crippen LogP contribution >= 0.6 is 11.5 Å². The maximum Gasteiger partial charge on any atom is 0.207 e. The molecule has 1 aromatic heterocycles. The van der Waals surface area contributed by atoms with E-state index in [4.69, 9.17) is 9.47 Å². The first-order valence-electron chi connectivity index (χ1n) is 5.98. The zero-order valence-electron chi connectivity index (χ0n) is 11.0. The second-order valence-electron chi connectivity index (χ2n) is 4.02. The van der Waals surface area contributed by atoms with Gasteiger partial charge in [0, 0.05) is 37.9 Å². The zero-order chi connectivity index (χ0) is 13.5. The van der Waals surface area contributed by atoms with Crippen molar-refractivity contribution in [3.63, 3.8) is 0 Å². The molecule has 0 aliphatic rings. The van der Waals surface area contributed by atoms with E-state index in [2.05, 4.69) is 14.7 Å². The molecule has 19 heavy (non-hydrogen) atoms. The van der Waals surface area contributed by atoms with E-state index in [0.717, 1.165) is 28.6 Å². The molecule has 0 saturated carbocycles. The third-order valence-corrected chi connectivity index (χ3v) is 3.16. The van der Waals surface area contributed by atoms with Gasteiger partial charge in [-0.25, -0.2) is 4.98 Å². The molecule has 6 heteroatoms. The summed E-state index contributed by atoms with van der Waals surface area (Å²) in [5, 5.41) is 4.04. The number of methoxy groups -OCH3 is 2. The summed E-state index contributed by atoms with van der Waals surface area (Å²) in [6, 6.07) is 8.05. The van der Waals surface area contributed by atoms with E-state index in [9.17, 15) is 0 Å². The van der Waals surface area contributed by atoms with Crippen LogP contribution in [-0.2, 0) is 22.5 Å². The van der Waals surface area contributed by atoms with Gasteiger partial charge in [0.2, 0.25) is 5.13 Å². The van der Waals surface area contributed by atoms with E-state index in [-0.39, 0.29) is 0 Å². The zero-order valence-corrected chi connectivity index (χ0v) is 11.9. The number of aromatic nitrogens is 2. The van der Waals surface area contributed by atoms with Crippen molar-refractivity contribution in [2.45, 2.75) is 13.0 Å². The topological polar surface area (TPSA) is 56.3 Å². The van der Waals surface area contributed by atoms with Crippen molar-refractivity contribution in [2.75, 3.05) is 26.1 Å². The fourth-order valence-electron chi connectivity index (χ4n) is 1.63. The molecule has 0 bridgehead atoms. The highest BCUT2D eigenvalue weighted by Gasteiger charge is 2.04. The summed E-state index contributed by atoms with van der Waals surface area (Å²) in [6.07, 6.45) is 0.735. The summed E-state index contributed by atoms with van der Waals surface area (Å²) in [4.78, 5) is 4.40. The smallest absolute Gasteiger partial charge is 0.207 e. The van der Waals surface area contributed by atoms with Crippen molar-refractivity contribution in [3.05, 3.63) is 35.7 Å². The predicted molar refractivity (Wildman–Crippen MR) is 75.9 cm³/mol. The van der Waals surface area contributed by atoms with Gasteiger partial charge in [0.1, 0.15) is 5.82 Å². The molecule has 0 saturated heterocycles. The van der Waals surface area contributed by atoms with Crippen LogP contribution in [0.1, 0.15) is 11.4 Å². The van der Waals surface area contributed by atoms with Gasteiger partial charge in [-0.1, -0.05) is 12.1 Å². The van der Waals surface area contributed by atoms with Crippen LogP contribution in [-0.4, -0.2) is 30.2 Å². The quantitative estimate of drug-likeness (QED) is 0.844. The molecule has 0 fully saturated rings. The van der Waals surface area contributed by atoms with Crippen molar-refractivity contribution in [1.29, 1.82) is 0 Å².